The van der Waals surface area contributed by atoms with Crippen LogP contribution in [0, 0.1) is 13.8 Å². The van der Waals surface area contributed by atoms with Gasteiger partial charge in [-0.1, -0.05) is 36.4 Å². The van der Waals surface area contributed by atoms with Crippen LogP contribution in [0.1, 0.15) is 17.0 Å². The van der Waals surface area contributed by atoms with E-state index in [1.165, 1.54) is 0 Å². The molecule has 0 radical (unpaired) electrons. The van der Waals surface area contributed by atoms with Crippen LogP contribution in [0.15, 0.2) is 87.2 Å². The Labute approximate surface area is 189 Å². The molecule has 0 fully saturated rings. The third kappa shape index (κ3) is 4.27. The Kier molecular flexibility index (Phi) is 5.24. The second kappa shape index (κ2) is 8.51. The highest BCUT2D eigenvalue weighted by molar-refractivity contribution is 5.91. The summed E-state index contributed by atoms with van der Waals surface area (Å²) in [6.07, 6.45) is 3.41. The number of hydrazone groups is 1. The van der Waals surface area contributed by atoms with Gasteiger partial charge in [0, 0.05) is 28.5 Å². The van der Waals surface area contributed by atoms with Gasteiger partial charge in [0.1, 0.15) is 11.3 Å². The number of hydrogen-bond donors (Lipinski definition) is 1. The maximum atomic E-state index is 12.8. The average Bonchev–Trinajstić information content (AvgIpc) is 3.22. The van der Waals surface area contributed by atoms with E-state index in [0.29, 0.717) is 28.4 Å². The van der Waals surface area contributed by atoms with E-state index in [0.717, 1.165) is 22.5 Å². The normalized spacial score (nSPS) is 11.3. The molecule has 33 heavy (non-hydrogen) atoms. The number of para-hydroxylation sites is 2. The molecule has 0 unspecified atom stereocenters. The molecular formula is C25H20N6O2. The predicted molar refractivity (Wildman–Crippen MR) is 128 cm³/mol. The fourth-order valence-corrected chi connectivity index (χ4v) is 3.57. The van der Waals surface area contributed by atoms with Gasteiger partial charge in [0.2, 0.25) is 5.95 Å². The molecule has 0 amide bonds. The molecule has 1 N–H and O–H groups in total. The monoisotopic (exact) mass is 436 g/mol. The van der Waals surface area contributed by atoms with Crippen LogP contribution in [0.5, 0.6) is 0 Å². The first kappa shape index (κ1) is 20.3. The molecule has 0 spiro atoms. The Morgan fingerprint density at radius 3 is 2.48 bits per heavy atom. The minimum absolute atomic E-state index is 0.354. The van der Waals surface area contributed by atoms with Gasteiger partial charge in [-0.05, 0) is 44.2 Å². The molecule has 5 aromatic rings. The number of hydrogen-bond acceptors (Lipinski definition) is 7. The van der Waals surface area contributed by atoms with Gasteiger partial charge in [-0.2, -0.15) is 10.2 Å². The van der Waals surface area contributed by atoms with Gasteiger partial charge in [0.25, 0.3) is 0 Å². The summed E-state index contributed by atoms with van der Waals surface area (Å²) in [5.74, 6) is 0.394. The first-order valence-electron chi connectivity index (χ1n) is 10.4. The van der Waals surface area contributed by atoms with E-state index in [1.54, 1.807) is 23.0 Å². The molecule has 8 heteroatoms. The second-order valence-electron chi connectivity index (χ2n) is 7.54. The number of nitrogens with zero attached hydrogens (tertiary/aromatic N) is 5. The highest BCUT2D eigenvalue weighted by Gasteiger charge is 2.16. The lowest BCUT2D eigenvalue weighted by Crippen LogP contribution is -2.05. The van der Waals surface area contributed by atoms with Crippen molar-refractivity contribution in [3.63, 3.8) is 0 Å². The zero-order valence-corrected chi connectivity index (χ0v) is 18.1. The summed E-state index contributed by atoms with van der Waals surface area (Å²) < 4.78 is 7.24. The van der Waals surface area contributed by atoms with Crippen molar-refractivity contribution in [1.82, 2.24) is 19.7 Å². The van der Waals surface area contributed by atoms with Crippen molar-refractivity contribution in [2.45, 2.75) is 13.8 Å². The van der Waals surface area contributed by atoms with Crippen LogP contribution in [0.3, 0.4) is 0 Å². The first-order valence-corrected chi connectivity index (χ1v) is 10.4. The summed E-state index contributed by atoms with van der Waals surface area (Å²) in [6.45, 7) is 3.79. The summed E-state index contributed by atoms with van der Waals surface area (Å²) in [5, 5.41) is 9.78. The summed E-state index contributed by atoms with van der Waals surface area (Å²) >= 11 is 0. The van der Waals surface area contributed by atoms with Gasteiger partial charge in [-0.15, -0.1) is 0 Å². The molecule has 0 aliphatic heterocycles. The zero-order valence-electron chi connectivity index (χ0n) is 18.1. The Bertz CT molecular complexity index is 1520. The maximum absolute atomic E-state index is 12.8. The van der Waals surface area contributed by atoms with E-state index in [4.69, 9.17) is 4.42 Å². The summed E-state index contributed by atoms with van der Waals surface area (Å²) in [6, 6.07) is 20.7. The number of rotatable bonds is 5. The summed E-state index contributed by atoms with van der Waals surface area (Å²) in [5.41, 5.74) is 6.90. The van der Waals surface area contributed by atoms with Crippen LogP contribution in [0.2, 0.25) is 0 Å². The fourth-order valence-electron chi connectivity index (χ4n) is 3.57. The topological polar surface area (TPSA) is 98.2 Å². The number of benzene rings is 2. The molecule has 0 saturated heterocycles. The highest BCUT2D eigenvalue weighted by Crippen LogP contribution is 2.23. The Morgan fingerprint density at radius 1 is 0.970 bits per heavy atom. The largest absolute Gasteiger partial charge is 0.422 e. The average molecular weight is 436 g/mol. The van der Waals surface area contributed by atoms with Crippen molar-refractivity contribution in [3.8, 4) is 16.9 Å². The Morgan fingerprint density at radius 2 is 1.70 bits per heavy atom. The van der Waals surface area contributed by atoms with Gasteiger partial charge in [-0.3, -0.25) is 0 Å². The molecule has 0 saturated carbocycles. The van der Waals surface area contributed by atoms with Gasteiger partial charge >= 0.3 is 5.63 Å². The number of aromatic nitrogens is 4. The predicted octanol–water partition coefficient (Wildman–Crippen LogP) is 4.50. The molecule has 2 aromatic carbocycles. The van der Waals surface area contributed by atoms with Gasteiger partial charge in [0.15, 0.2) is 0 Å². The summed E-state index contributed by atoms with van der Waals surface area (Å²) in [7, 11) is 0. The third-order valence-corrected chi connectivity index (χ3v) is 5.01. The lowest BCUT2D eigenvalue weighted by molar-refractivity contribution is 0.563. The maximum Gasteiger partial charge on any atom is 0.345 e. The fraction of sp³-hybridized carbons (Fsp3) is 0.0800. The lowest BCUT2D eigenvalue weighted by Gasteiger charge is -2.02. The zero-order chi connectivity index (χ0) is 22.8. The quantitative estimate of drug-likeness (QED) is 0.247. The van der Waals surface area contributed by atoms with Gasteiger partial charge in [-0.25, -0.2) is 24.9 Å². The van der Waals surface area contributed by atoms with E-state index in [2.05, 4.69) is 25.6 Å². The van der Waals surface area contributed by atoms with Gasteiger partial charge in [0.05, 0.1) is 17.5 Å². The molecule has 0 bridgehead atoms. The summed E-state index contributed by atoms with van der Waals surface area (Å²) in [4.78, 5) is 21.5. The Balaban J connectivity index is 1.59. The smallest absolute Gasteiger partial charge is 0.345 e. The first-order chi connectivity index (χ1) is 16.1. The third-order valence-electron chi connectivity index (χ3n) is 5.01. The number of fused-ring (bicyclic) bond motifs is 1. The van der Waals surface area contributed by atoms with Crippen LogP contribution in [-0.2, 0) is 0 Å². The molecule has 3 heterocycles. The minimum Gasteiger partial charge on any atom is -0.422 e. The van der Waals surface area contributed by atoms with Crippen molar-refractivity contribution in [3.05, 3.63) is 100 Å². The lowest BCUT2D eigenvalue weighted by atomic mass is 10.1. The van der Waals surface area contributed by atoms with E-state index in [9.17, 15) is 4.79 Å². The second-order valence-corrected chi connectivity index (χ2v) is 7.54. The number of aryl methyl sites for hydroxylation is 2. The van der Waals surface area contributed by atoms with Crippen molar-refractivity contribution in [2.24, 2.45) is 5.10 Å². The molecule has 5 rings (SSSR count). The van der Waals surface area contributed by atoms with Crippen LogP contribution < -0.4 is 11.1 Å². The highest BCUT2D eigenvalue weighted by atomic mass is 16.4. The molecule has 0 atom stereocenters. The number of anilines is 1. The number of nitrogens with one attached hydrogen (secondary N) is 1. The van der Waals surface area contributed by atoms with Crippen LogP contribution in [0.25, 0.3) is 27.9 Å². The minimum atomic E-state index is -0.465. The SMILES string of the molecule is Cc1cc(C)nc(N/N=C/c2cn(-c3ccccc3)nc2-c2cc3ccccc3oc2=O)n1. The molecular weight excluding hydrogens is 416 g/mol. The van der Waals surface area contributed by atoms with Crippen molar-refractivity contribution in [2.75, 3.05) is 5.43 Å². The molecule has 8 nitrogen and oxygen atoms in total. The van der Waals surface area contributed by atoms with Crippen molar-refractivity contribution < 1.29 is 4.42 Å². The van der Waals surface area contributed by atoms with Gasteiger partial charge < -0.3 is 4.42 Å². The van der Waals surface area contributed by atoms with Crippen LogP contribution in [0.4, 0.5) is 5.95 Å². The Hall–Kier alpha value is -4.59. The standard InChI is InChI=1S/C25H20N6O2/c1-16-12-17(2)28-25(27-16)29-26-14-19-15-31(20-9-4-3-5-10-20)30-23(19)21-13-18-8-6-7-11-22(18)33-24(21)32/h3-15H,1-2H3,(H,27,28,29)/b26-14+. The van der Waals surface area contributed by atoms with Crippen molar-refractivity contribution >= 4 is 23.1 Å². The van der Waals surface area contributed by atoms with E-state index in [-0.39, 0.29) is 0 Å². The molecule has 162 valence electrons. The van der Waals surface area contributed by atoms with Crippen molar-refractivity contribution in [1.29, 1.82) is 0 Å². The van der Waals surface area contributed by atoms with E-state index < -0.39 is 5.63 Å². The van der Waals surface area contributed by atoms with Crippen LogP contribution >= 0.6 is 0 Å². The van der Waals surface area contributed by atoms with E-state index >= 15 is 0 Å². The van der Waals surface area contributed by atoms with Crippen LogP contribution in [-0.4, -0.2) is 26.0 Å². The molecule has 3 aromatic heterocycles. The van der Waals surface area contributed by atoms with E-state index in [1.807, 2.05) is 74.6 Å². The molecule has 0 aliphatic carbocycles. The molecule has 0 aliphatic rings.